The van der Waals surface area contributed by atoms with E-state index in [2.05, 4.69) is 10.4 Å². The van der Waals surface area contributed by atoms with Crippen LogP contribution in [0.15, 0.2) is 12.1 Å². The summed E-state index contributed by atoms with van der Waals surface area (Å²) < 4.78 is 0. The molecule has 1 aromatic rings. The molecular formula is C11H17N5O3. The van der Waals surface area contributed by atoms with E-state index in [4.69, 9.17) is 5.84 Å². The maximum atomic E-state index is 11.0. The Morgan fingerprint density at radius 3 is 2.95 bits per heavy atom. The van der Waals surface area contributed by atoms with Crippen molar-refractivity contribution < 1.29 is 10.0 Å². The van der Waals surface area contributed by atoms with Gasteiger partial charge in [-0.2, -0.15) is 0 Å². The number of aromatic nitrogens is 1. The number of hydrogen-bond acceptors (Lipinski definition) is 7. The maximum absolute atomic E-state index is 11.0. The standard InChI is InChI=1S/C11H17N5O3/c1-7-6-15(5-4-9(7)17)11-8(16(18)19)2-3-10(13-11)14-12/h2-3,7,9,17H,4-6,12H2,1H3,(H,13,14). The highest BCUT2D eigenvalue weighted by Crippen LogP contribution is 2.30. The first kappa shape index (κ1) is 13.5. The number of nitro groups is 1. The van der Waals surface area contributed by atoms with Crippen LogP contribution in [0, 0.1) is 16.0 Å². The highest BCUT2D eigenvalue weighted by atomic mass is 16.6. The van der Waals surface area contributed by atoms with Gasteiger partial charge in [-0.05, 0) is 18.4 Å². The van der Waals surface area contributed by atoms with Gasteiger partial charge in [0, 0.05) is 19.2 Å². The third kappa shape index (κ3) is 2.74. The molecule has 4 N–H and O–H groups in total. The molecule has 0 aliphatic carbocycles. The van der Waals surface area contributed by atoms with Crippen molar-refractivity contribution in [3.63, 3.8) is 0 Å². The van der Waals surface area contributed by atoms with Gasteiger partial charge in [-0.15, -0.1) is 0 Å². The van der Waals surface area contributed by atoms with Crippen LogP contribution in [-0.4, -0.2) is 34.2 Å². The maximum Gasteiger partial charge on any atom is 0.311 e. The molecule has 2 heterocycles. The number of hydrazine groups is 1. The van der Waals surface area contributed by atoms with Crippen LogP contribution in [0.25, 0.3) is 0 Å². The summed E-state index contributed by atoms with van der Waals surface area (Å²) in [6.07, 6.45) is 0.200. The summed E-state index contributed by atoms with van der Waals surface area (Å²) in [4.78, 5) is 16.6. The first-order chi connectivity index (χ1) is 9.02. The smallest absolute Gasteiger partial charge is 0.311 e. The number of nitrogen functional groups attached to an aromatic ring is 1. The summed E-state index contributed by atoms with van der Waals surface area (Å²) in [6, 6.07) is 2.84. The molecule has 1 aliphatic heterocycles. The molecule has 104 valence electrons. The molecular weight excluding hydrogens is 250 g/mol. The van der Waals surface area contributed by atoms with Crippen molar-refractivity contribution >= 4 is 17.3 Å². The number of piperidine rings is 1. The van der Waals surface area contributed by atoms with Gasteiger partial charge in [-0.25, -0.2) is 10.8 Å². The molecule has 1 aliphatic rings. The molecule has 1 saturated heterocycles. The zero-order valence-electron chi connectivity index (χ0n) is 10.6. The van der Waals surface area contributed by atoms with Crippen molar-refractivity contribution in [2.24, 2.45) is 11.8 Å². The quantitative estimate of drug-likeness (QED) is 0.414. The molecule has 8 heteroatoms. The molecule has 0 aromatic carbocycles. The van der Waals surface area contributed by atoms with Crippen molar-refractivity contribution in [3.8, 4) is 0 Å². The van der Waals surface area contributed by atoms with Crippen LogP contribution in [0.2, 0.25) is 0 Å². The largest absolute Gasteiger partial charge is 0.393 e. The summed E-state index contributed by atoms with van der Waals surface area (Å²) in [5, 5.41) is 20.8. The van der Waals surface area contributed by atoms with Crippen LogP contribution in [0.5, 0.6) is 0 Å². The highest BCUT2D eigenvalue weighted by Gasteiger charge is 2.29. The van der Waals surface area contributed by atoms with E-state index in [-0.39, 0.29) is 17.7 Å². The Morgan fingerprint density at radius 1 is 1.63 bits per heavy atom. The van der Waals surface area contributed by atoms with Crippen LogP contribution >= 0.6 is 0 Å². The number of nitrogens with one attached hydrogen (secondary N) is 1. The van der Waals surface area contributed by atoms with E-state index in [0.29, 0.717) is 31.1 Å². The lowest BCUT2D eigenvalue weighted by molar-refractivity contribution is -0.384. The summed E-state index contributed by atoms with van der Waals surface area (Å²) in [5.74, 6) is 5.99. The number of nitrogens with two attached hydrogens (primary N) is 1. The second-order valence-electron chi connectivity index (χ2n) is 4.72. The Morgan fingerprint density at radius 2 is 2.37 bits per heavy atom. The van der Waals surface area contributed by atoms with Gasteiger partial charge in [-0.3, -0.25) is 10.1 Å². The molecule has 1 aromatic heterocycles. The molecule has 2 rings (SSSR count). The molecule has 0 amide bonds. The molecule has 1 fully saturated rings. The zero-order chi connectivity index (χ0) is 14.0. The predicted octanol–water partition coefficient (Wildman–Crippen LogP) is 0.482. The third-order valence-electron chi connectivity index (χ3n) is 3.36. The Hall–Kier alpha value is -1.93. The van der Waals surface area contributed by atoms with E-state index in [1.54, 1.807) is 0 Å². The number of aliphatic hydroxyl groups is 1. The SMILES string of the molecule is CC1CN(c2nc(NN)ccc2[N+](=O)[O-])CCC1O. The average molecular weight is 267 g/mol. The van der Waals surface area contributed by atoms with Crippen molar-refractivity contribution in [1.82, 2.24) is 4.98 Å². The van der Waals surface area contributed by atoms with E-state index in [9.17, 15) is 15.2 Å². The van der Waals surface area contributed by atoms with Crippen LogP contribution < -0.4 is 16.2 Å². The molecule has 2 unspecified atom stereocenters. The van der Waals surface area contributed by atoms with Gasteiger partial charge in [0.15, 0.2) is 0 Å². The Bertz CT molecular complexity index is 481. The summed E-state index contributed by atoms with van der Waals surface area (Å²) >= 11 is 0. The highest BCUT2D eigenvalue weighted by molar-refractivity contribution is 5.61. The van der Waals surface area contributed by atoms with E-state index >= 15 is 0 Å². The lowest BCUT2D eigenvalue weighted by Gasteiger charge is -2.34. The Kier molecular flexibility index (Phi) is 3.82. The molecule has 0 radical (unpaired) electrons. The van der Waals surface area contributed by atoms with E-state index in [0.717, 1.165) is 0 Å². The zero-order valence-corrected chi connectivity index (χ0v) is 10.6. The minimum atomic E-state index is -0.460. The fraction of sp³-hybridized carbons (Fsp3) is 0.545. The van der Waals surface area contributed by atoms with Gasteiger partial charge in [0.2, 0.25) is 5.82 Å². The first-order valence-corrected chi connectivity index (χ1v) is 6.08. The number of anilines is 2. The lowest BCUT2D eigenvalue weighted by Crippen LogP contribution is -2.42. The minimum absolute atomic E-state index is 0.0460. The molecule has 19 heavy (non-hydrogen) atoms. The molecule has 0 saturated carbocycles. The van der Waals surface area contributed by atoms with Crippen LogP contribution in [0.4, 0.5) is 17.3 Å². The van der Waals surface area contributed by atoms with Gasteiger partial charge >= 0.3 is 5.69 Å². The Labute approximate surface area is 110 Å². The third-order valence-corrected chi connectivity index (χ3v) is 3.36. The van der Waals surface area contributed by atoms with Crippen LogP contribution in [-0.2, 0) is 0 Å². The monoisotopic (exact) mass is 267 g/mol. The van der Waals surface area contributed by atoms with Crippen molar-refractivity contribution in [1.29, 1.82) is 0 Å². The summed E-state index contributed by atoms with van der Waals surface area (Å²) in [5.41, 5.74) is 2.33. The molecule has 8 nitrogen and oxygen atoms in total. The van der Waals surface area contributed by atoms with Crippen molar-refractivity contribution in [2.75, 3.05) is 23.4 Å². The molecule has 0 spiro atoms. The van der Waals surface area contributed by atoms with Crippen molar-refractivity contribution in [3.05, 3.63) is 22.2 Å². The van der Waals surface area contributed by atoms with Crippen molar-refractivity contribution in [2.45, 2.75) is 19.4 Å². The Balaban J connectivity index is 2.34. The van der Waals surface area contributed by atoms with Gasteiger partial charge in [0.25, 0.3) is 0 Å². The van der Waals surface area contributed by atoms with Gasteiger partial charge in [-0.1, -0.05) is 6.92 Å². The fourth-order valence-electron chi connectivity index (χ4n) is 2.22. The van der Waals surface area contributed by atoms with E-state index in [1.165, 1.54) is 12.1 Å². The topological polar surface area (TPSA) is 118 Å². The predicted molar refractivity (Wildman–Crippen MR) is 70.7 cm³/mol. The van der Waals surface area contributed by atoms with Gasteiger partial charge < -0.3 is 15.4 Å². The normalized spacial score (nSPS) is 23.2. The van der Waals surface area contributed by atoms with Crippen LogP contribution in [0.3, 0.4) is 0 Å². The summed E-state index contributed by atoms with van der Waals surface area (Å²) in [7, 11) is 0. The second kappa shape index (κ2) is 5.37. The average Bonchev–Trinajstić information content (AvgIpc) is 2.41. The van der Waals surface area contributed by atoms with Crippen LogP contribution in [0.1, 0.15) is 13.3 Å². The van der Waals surface area contributed by atoms with E-state index < -0.39 is 4.92 Å². The summed E-state index contributed by atoms with van der Waals surface area (Å²) in [6.45, 7) is 2.98. The molecule has 2 atom stereocenters. The first-order valence-electron chi connectivity index (χ1n) is 6.08. The van der Waals surface area contributed by atoms with E-state index in [1.807, 2.05) is 11.8 Å². The lowest BCUT2D eigenvalue weighted by atomic mass is 9.97. The number of rotatable bonds is 3. The minimum Gasteiger partial charge on any atom is -0.393 e. The number of hydrogen-bond donors (Lipinski definition) is 3. The number of aliphatic hydroxyl groups excluding tert-OH is 1. The number of nitrogens with zero attached hydrogens (tertiary/aromatic N) is 3. The fourth-order valence-corrected chi connectivity index (χ4v) is 2.22. The van der Waals surface area contributed by atoms with Gasteiger partial charge in [0.1, 0.15) is 5.82 Å². The molecule has 0 bridgehead atoms. The van der Waals surface area contributed by atoms with Gasteiger partial charge in [0.05, 0.1) is 11.0 Å². The second-order valence-corrected chi connectivity index (χ2v) is 4.72. The number of pyridine rings is 1.